The zero-order valence-electron chi connectivity index (χ0n) is 10.9. The quantitative estimate of drug-likeness (QED) is 0.888. The van der Waals surface area contributed by atoms with Crippen LogP contribution in [0.5, 0.6) is 5.88 Å². The van der Waals surface area contributed by atoms with Gasteiger partial charge in [0.2, 0.25) is 11.8 Å². The van der Waals surface area contributed by atoms with Crippen LogP contribution in [-0.4, -0.2) is 39.3 Å². The number of hydrogen-bond acceptors (Lipinski definition) is 6. The Labute approximate surface area is 110 Å². The minimum atomic E-state index is 0.175. The Hall–Kier alpha value is -1.89. The SMILES string of the molecule is COc1ncnc2c1nc(N)n2CC1CCCCO1. The number of anilines is 1. The molecular formula is C12H17N5O2. The monoisotopic (exact) mass is 263 g/mol. The number of fused-ring (bicyclic) bond motifs is 1. The molecule has 3 heterocycles. The molecule has 1 aliphatic heterocycles. The van der Waals surface area contributed by atoms with Crippen molar-refractivity contribution in [1.82, 2.24) is 19.5 Å². The van der Waals surface area contributed by atoms with Crippen molar-refractivity contribution in [2.45, 2.75) is 31.9 Å². The molecule has 0 aliphatic carbocycles. The van der Waals surface area contributed by atoms with Crippen LogP contribution in [0.3, 0.4) is 0 Å². The van der Waals surface area contributed by atoms with E-state index >= 15 is 0 Å². The number of nitrogen functional groups attached to an aromatic ring is 1. The smallest absolute Gasteiger partial charge is 0.245 e. The number of ether oxygens (including phenoxy) is 2. The summed E-state index contributed by atoms with van der Waals surface area (Å²) >= 11 is 0. The molecule has 1 unspecified atom stereocenters. The van der Waals surface area contributed by atoms with E-state index in [1.54, 1.807) is 7.11 Å². The molecule has 19 heavy (non-hydrogen) atoms. The molecule has 0 saturated carbocycles. The van der Waals surface area contributed by atoms with Gasteiger partial charge in [-0.3, -0.25) is 4.57 Å². The molecular weight excluding hydrogens is 246 g/mol. The summed E-state index contributed by atoms with van der Waals surface area (Å²) in [6, 6.07) is 0. The van der Waals surface area contributed by atoms with Gasteiger partial charge in [0.1, 0.15) is 6.33 Å². The van der Waals surface area contributed by atoms with E-state index in [9.17, 15) is 0 Å². The maximum atomic E-state index is 5.97. The average molecular weight is 263 g/mol. The molecule has 7 heteroatoms. The highest BCUT2D eigenvalue weighted by Gasteiger charge is 2.20. The van der Waals surface area contributed by atoms with E-state index in [-0.39, 0.29) is 6.10 Å². The van der Waals surface area contributed by atoms with E-state index < -0.39 is 0 Å². The third-order valence-electron chi connectivity index (χ3n) is 3.38. The molecule has 0 radical (unpaired) electrons. The zero-order valence-corrected chi connectivity index (χ0v) is 10.9. The fraction of sp³-hybridized carbons (Fsp3) is 0.583. The fourth-order valence-corrected chi connectivity index (χ4v) is 2.42. The summed E-state index contributed by atoms with van der Waals surface area (Å²) in [6.45, 7) is 1.48. The van der Waals surface area contributed by atoms with Gasteiger partial charge in [0.05, 0.1) is 19.8 Å². The Morgan fingerprint density at radius 1 is 1.47 bits per heavy atom. The van der Waals surface area contributed by atoms with Crippen LogP contribution in [-0.2, 0) is 11.3 Å². The molecule has 2 N–H and O–H groups in total. The summed E-state index contributed by atoms with van der Waals surface area (Å²) in [6.07, 6.45) is 5.00. The highest BCUT2D eigenvalue weighted by atomic mass is 16.5. The lowest BCUT2D eigenvalue weighted by Crippen LogP contribution is -2.25. The van der Waals surface area contributed by atoms with Crippen molar-refractivity contribution in [3.05, 3.63) is 6.33 Å². The molecule has 0 aromatic carbocycles. The summed E-state index contributed by atoms with van der Waals surface area (Å²) < 4.78 is 12.8. The third kappa shape index (κ3) is 2.21. The van der Waals surface area contributed by atoms with Gasteiger partial charge in [-0.2, -0.15) is 4.98 Å². The highest BCUT2D eigenvalue weighted by molar-refractivity contribution is 5.78. The number of rotatable bonds is 3. The van der Waals surface area contributed by atoms with Crippen molar-refractivity contribution in [1.29, 1.82) is 0 Å². The van der Waals surface area contributed by atoms with Crippen molar-refractivity contribution in [3.63, 3.8) is 0 Å². The minimum absolute atomic E-state index is 0.175. The van der Waals surface area contributed by atoms with Crippen molar-refractivity contribution in [2.75, 3.05) is 19.5 Å². The fourth-order valence-electron chi connectivity index (χ4n) is 2.42. The first kappa shape index (κ1) is 12.2. The summed E-state index contributed by atoms with van der Waals surface area (Å²) in [4.78, 5) is 12.6. The third-order valence-corrected chi connectivity index (χ3v) is 3.38. The van der Waals surface area contributed by atoms with Gasteiger partial charge in [0.15, 0.2) is 11.2 Å². The van der Waals surface area contributed by atoms with Crippen LogP contribution >= 0.6 is 0 Å². The first-order valence-electron chi connectivity index (χ1n) is 6.42. The summed E-state index contributed by atoms with van der Waals surface area (Å²) in [5.74, 6) is 0.864. The van der Waals surface area contributed by atoms with E-state index in [2.05, 4.69) is 15.0 Å². The molecule has 1 fully saturated rings. The van der Waals surface area contributed by atoms with Crippen LogP contribution in [0.2, 0.25) is 0 Å². The summed E-state index contributed by atoms with van der Waals surface area (Å²) in [5, 5.41) is 0. The minimum Gasteiger partial charge on any atom is -0.479 e. The standard InChI is InChI=1S/C12H17N5O2/c1-18-11-9-10(14-7-15-11)17(12(13)16-9)6-8-4-2-3-5-19-8/h7-8H,2-6H2,1H3,(H2,13,16). The number of aromatic nitrogens is 4. The maximum Gasteiger partial charge on any atom is 0.245 e. The van der Waals surface area contributed by atoms with E-state index in [0.29, 0.717) is 29.5 Å². The maximum absolute atomic E-state index is 5.97. The van der Waals surface area contributed by atoms with E-state index in [1.807, 2.05) is 4.57 Å². The first-order valence-corrected chi connectivity index (χ1v) is 6.42. The van der Waals surface area contributed by atoms with Gasteiger partial charge in [-0.1, -0.05) is 0 Å². The number of hydrogen-bond donors (Lipinski definition) is 1. The number of imidazole rings is 1. The Bertz CT molecular complexity index is 577. The van der Waals surface area contributed by atoms with Gasteiger partial charge in [-0.25, -0.2) is 9.97 Å². The molecule has 0 bridgehead atoms. The lowest BCUT2D eigenvalue weighted by molar-refractivity contribution is 0.00686. The Morgan fingerprint density at radius 3 is 3.11 bits per heavy atom. The average Bonchev–Trinajstić information content (AvgIpc) is 2.76. The Morgan fingerprint density at radius 2 is 2.37 bits per heavy atom. The Kier molecular flexibility index (Phi) is 3.20. The Balaban J connectivity index is 1.96. The molecule has 7 nitrogen and oxygen atoms in total. The molecule has 1 saturated heterocycles. The highest BCUT2D eigenvalue weighted by Crippen LogP contribution is 2.24. The number of nitrogens with zero attached hydrogens (tertiary/aromatic N) is 4. The van der Waals surface area contributed by atoms with Gasteiger partial charge >= 0.3 is 0 Å². The number of nitrogens with two attached hydrogens (primary N) is 1. The zero-order chi connectivity index (χ0) is 13.2. The van der Waals surface area contributed by atoms with Crippen LogP contribution in [0.4, 0.5) is 5.95 Å². The van der Waals surface area contributed by atoms with Crippen molar-refractivity contribution in [2.24, 2.45) is 0 Å². The molecule has 1 atom stereocenters. The molecule has 0 amide bonds. The van der Waals surface area contributed by atoms with Crippen LogP contribution < -0.4 is 10.5 Å². The van der Waals surface area contributed by atoms with Gasteiger partial charge in [-0.15, -0.1) is 0 Å². The molecule has 102 valence electrons. The van der Waals surface area contributed by atoms with E-state index in [0.717, 1.165) is 19.4 Å². The second-order valence-corrected chi connectivity index (χ2v) is 4.62. The van der Waals surface area contributed by atoms with Gasteiger partial charge in [0.25, 0.3) is 0 Å². The van der Waals surface area contributed by atoms with E-state index in [1.165, 1.54) is 12.7 Å². The topological polar surface area (TPSA) is 88.1 Å². The molecule has 0 spiro atoms. The van der Waals surface area contributed by atoms with Crippen molar-refractivity contribution < 1.29 is 9.47 Å². The van der Waals surface area contributed by atoms with Crippen molar-refractivity contribution in [3.8, 4) is 5.88 Å². The van der Waals surface area contributed by atoms with Crippen LogP contribution in [0.1, 0.15) is 19.3 Å². The molecule has 3 rings (SSSR count). The first-order chi connectivity index (χ1) is 9.29. The lowest BCUT2D eigenvalue weighted by atomic mass is 10.1. The van der Waals surface area contributed by atoms with Gasteiger partial charge in [-0.05, 0) is 19.3 Å². The predicted octanol–water partition coefficient (Wildman–Crippen LogP) is 0.986. The second kappa shape index (κ2) is 5.00. The van der Waals surface area contributed by atoms with Crippen LogP contribution in [0, 0.1) is 0 Å². The second-order valence-electron chi connectivity index (χ2n) is 4.62. The van der Waals surface area contributed by atoms with Crippen LogP contribution in [0.15, 0.2) is 6.33 Å². The van der Waals surface area contributed by atoms with Crippen LogP contribution in [0.25, 0.3) is 11.2 Å². The largest absolute Gasteiger partial charge is 0.479 e. The summed E-state index contributed by atoms with van der Waals surface area (Å²) in [7, 11) is 1.56. The van der Waals surface area contributed by atoms with Gasteiger partial charge in [0, 0.05) is 6.61 Å². The molecule has 2 aromatic heterocycles. The predicted molar refractivity (Wildman–Crippen MR) is 69.9 cm³/mol. The normalized spacial score (nSPS) is 19.7. The molecule has 2 aromatic rings. The molecule has 1 aliphatic rings. The van der Waals surface area contributed by atoms with Crippen molar-refractivity contribution >= 4 is 17.1 Å². The van der Waals surface area contributed by atoms with E-state index in [4.69, 9.17) is 15.2 Å². The van der Waals surface area contributed by atoms with Gasteiger partial charge < -0.3 is 15.2 Å². The lowest BCUT2D eigenvalue weighted by Gasteiger charge is -2.23. The number of methoxy groups -OCH3 is 1. The summed E-state index contributed by atoms with van der Waals surface area (Å²) in [5.41, 5.74) is 7.26.